The van der Waals surface area contributed by atoms with Gasteiger partial charge in [0.25, 0.3) is 0 Å². The first kappa shape index (κ1) is 13.8. The van der Waals surface area contributed by atoms with E-state index >= 15 is 0 Å². The molecule has 0 radical (unpaired) electrons. The van der Waals surface area contributed by atoms with Gasteiger partial charge in [-0.25, -0.2) is 0 Å². The van der Waals surface area contributed by atoms with Gasteiger partial charge in [0.15, 0.2) is 0 Å². The van der Waals surface area contributed by atoms with Crippen LogP contribution < -0.4 is 0 Å². The molecule has 0 aliphatic carbocycles. The molecule has 0 aliphatic rings. The second-order valence-corrected chi connectivity index (χ2v) is 4.81. The average Bonchev–Trinajstić information content (AvgIpc) is 2.79. The van der Waals surface area contributed by atoms with Gasteiger partial charge < -0.3 is 0 Å². The topological polar surface area (TPSA) is 34.9 Å². The summed E-state index contributed by atoms with van der Waals surface area (Å²) in [6.07, 6.45) is 3.27. The maximum absolute atomic E-state index is 12.7. The second kappa shape index (κ2) is 6.02. The molecule has 0 bridgehead atoms. The molecule has 0 spiro atoms. The quantitative estimate of drug-likeness (QED) is 0.780. The number of aryl methyl sites for hydroxylation is 2. The second-order valence-electron chi connectivity index (χ2n) is 4.40. The lowest BCUT2D eigenvalue weighted by molar-refractivity contribution is 0.102. The van der Waals surface area contributed by atoms with E-state index in [0.29, 0.717) is 22.8 Å². The van der Waals surface area contributed by atoms with Crippen LogP contribution in [0.1, 0.15) is 41.9 Å². The van der Waals surface area contributed by atoms with E-state index in [0.717, 1.165) is 18.4 Å². The van der Waals surface area contributed by atoms with E-state index in [-0.39, 0.29) is 5.78 Å². The van der Waals surface area contributed by atoms with Crippen LogP contribution in [0.5, 0.6) is 0 Å². The Kier molecular flexibility index (Phi) is 4.38. The Balaban J connectivity index is 2.47. The molecule has 0 saturated carbocycles. The average molecular weight is 277 g/mol. The lowest BCUT2D eigenvalue weighted by atomic mass is 10.00. The fourth-order valence-electron chi connectivity index (χ4n) is 2.15. The van der Waals surface area contributed by atoms with Crippen molar-refractivity contribution in [3.8, 4) is 0 Å². The SMILES string of the molecule is CCCn1ncc(Cl)c1C(=O)c1ccccc1CC. The third kappa shape index (κ3) is 2.71. The van der Waals surface area contributed by atoms with Crippen molar-refractivity contribution in [2.75, 3.05) is 0 Å². The summed E-state index contributed by atoms with van der Waals surface area (Å²) in [7, 11) is 0. The van der Waals surface area contributed by atoms with Crippen molar-refractivity contribution in [1.82, 2.24) is 9.78 Å². The molecule has 0 unspecified atom stereocenters. The van der Waals surface area contributed by atoms with Gasteiger partial charge in [0, 0.05) is 12.1 Å². The number of ketones is 1. The van der Waals surface area contributed by atoms with Crippen molar-refractivity contribution in [1.29, 1.82) is 0 Å². The minimum Gasteiger partial charge on any atom is -0.287 e. The summed E-state index contributed by atoms with van der Waals surface area (Å²) in [5.74, 6) is -0.0478. The summed E-state index contributed by atoms with van der Waals surface area (Å²) >= 11 is 6.12. The molecule has 0 amide bonds. The lowest BCUT2D eigenvalue weighted by Gasteiger charge is -2.09. The van der Waals surface area contributed by atoms with Crippen LogP contribution in [0.4, 0.5) is 0 Å². The van der Waals surface area contributed by atoms with Gasteiger partial charge in [-0.1, -0.05) is 49.7 Å². The van der Waals surface area contributed by atoms with Crippen molar-refractivity contribution >= 4 is 17.4 Å². The van der Waals surface area contributed by atoms with Crippen molar-refractivity contribution in [2.24, 2.45) is 0 Å². The molecular formula is C15H17ClN2O. The standard InChI is InChI=1S/C15H17ClN2O/c1-3-9-18-14(13(16)10-17-18)15(19)12-8-6-5-7-11(12)4-2/h5-8,10H,3-4,9H2,1-2H3. The van der Waals surface area contributed by atoms with Gasteiger partial charge in [0.05, 0.1) is 11.2 Å². The minimum absolute atomic E-state index is 0.0478. The number of benzene rings is 1. The zero-order valence-corrected chi connectivity index (χ0v) is 11.9. The highest BCUT2D eigenvalue weighted by Crippen LogP contribution is 2.21. The Hall–Kier alpha value is -1.61. The molecule has 19 heavy (non-hydrogen) atoms. The van der Waals surface area contributed by atoms with Gasteiger partial charge in [-0.05, 0) is 18.4 Å². The molecule has 100 valence electrons. The molecule has 0 atom stereocenters. The number of nitrogens with zero attached hydrogens (tertiary/aromatic N) is 2. The van der Waals surface area contributed by atoms with Crippen LogP contribution in [0.3, 0.4) is 0 Å². The fourth-order valence-corrected chi connectivity index (χ4v) is 2.37. The third-order valence-electron chi connectivity index (χ3n) is 3.09. The summed E-state index contributed by atoms with van der Waals surface area (Å²) in [5, 5.41) is 4.59. The monoisotopic (exact) mass is 276 g/mol. The van der Waals surface area contributed by atoms with Crippen LogP contribution in [0.25, 0.3) is 0 Å². The van der Waals surface area contributed by atoms with Crippen molar-refractivity contribution in [2.45, 2.75) is 33.2 Å². The van der Waals surface area contributed by atoms with E-state index in [1.54, 1.807) is 10.9 Å². The highest BCUT2D eigenvalue weighted by Gasteiger charge is 2.20. The number of hydrogen-bond donors (Lipinski definition) is 0. The summed E-state index contributed by atoms with van der Waals surface area (Å²) < 4.78 is 1.69. The molecule has 0 saturated heterocycles. The van der Waals surface area contributed by atoms with Gasteiger partial charge in [-0.2, -0.15) is 5.10 Å². The Labute approximate surface area is 118 Å². The molecular weight excluding hydrogens is 260 g/mol. The normalized spacial score (nSPS) is 10.7. The van der Waals surface area contributed by atoms with Gasteiger partial charge in [-0.3, -0.25) is 9.48 Å². The van der Waals surface area contributed by atoms with Crippen molar-refractivity contribution < 1.29 is 4.79 Å². The van der Waals surface area contributed by atoms with Crippen LogP contribution in [-0.4, -0.2) is 15.6 Å². The zero-order valence-electron chi connectivity index (χ0n) is 11.2. The molecule has 3 nitrogen and oxygen atoms in total. The lowest BCUT2D eigenvalue weighted by Crippen LogP contribution is -2.13. The van der Waals surface area contributed by atoms with Gasteiger partial charge in [0.1, 0.15) is 5.69 Å². The highest BCUT2D eigenvalue weighted by molar-refractivity contribution is 6.34. The molecule has 2 aromatic rings. The van der Waals surface area contributed by atoms with E-state index in [4.69, 9.17) is 11.6 Å². The Morgan fingerprint density at radius 3 is 2.74 bits per heavy atom. The minimum atomic E-state index is -0.0478. The molecule has 1 aromatic carbocycles. The smallest absolute Gasteiger partial charge is 0.212 e. The number of hydrogen-bond acceptors (Lipinski definition) is 2. The first-order chi connectivity index (χ1) is 9.19. The predicted molar refractivity (Wildman–Crippen MR) is 76.8 cm³/mol. The number of carbonyl (C=O) groups is 1. The number of halogens is 1. The first-order valence-corrected chi connectivity index (χ1v) is 6.90. The predicted octanol–water partition coefficient (Wildman–Crippen LogP) is 3.74. The maximum Gasteiger partial charge on any atom is 0.212 e. The van der Waals surface area contributed by atoms with Crippen LogP contribution in [0.2, 0.25) is 5.02 Å². The van der Waals surface area contributed by atoms with E-state index < -0.39 is 0 Å². The third-order valence-corrected chi connectivity index (χ3v) is 3.36. The van der Waals surface area contributed by atoms with Gasteiger partial charge in [-0.15, -0.1) is 0 Å². The van der Waals surface area contributed by atoms with Crippen LogP contribution in [0.15, 0.2) is 30.5 Å². The van der Waals surface area contributed by atoms with E-state index in [2.05, 4.69) is 5.10 Å². The van der Waals surface area contributed by atoms with Crippen LogP contribution >= 0.6 is 11.6 Å². The molecule has 0 aliphatic heterocycles. The molecule has 4 heteroatoms. The van der Waals surface area contributed by atoms with Crippen LogP contribution in [-0.2, 0) is 13.0 Å². The van der Waals surface area contributed by atoms with Crippen molar-refractivity contribution in [3.63, 3.8) is 0 Å². The van der Waals surface area contributed by atoms with E-state index in [1.807, 2.05) is 38.1 Å². The van der Waals surface area contributed by atoms with E-state index in [1.165, 1.54) is 0 Å². The van der Waals surface area contributed by atoms with Gasteiger partial charge in [0.2, 0.25) is 5.78 Å². The Morgan fingerprint density at radius 1 is 1.32 bits per heavy atom. The van der Waals surface area contributed by atoms with E-state index in [9.17, 15) is 4.79 Å². The molecule has 1 heterocycles. The largest absolute Gasteiger partial charge is 0.287 e. The van der Waals surface area contributed by atoms with Gasteiger partial charge >= 0.3 is 0 Å². The summed E-state index contributed by atoms with van der Waals surface area (Å²) in [5.41, 5.74) is 2.24. The molecule has 2 rings (SSSR count). The number of carbonyl (C=O) groups excluding carboxylic acids is 1. The summed E-state index contributed by atoms with van der Waals surface area (Å²) in [4.78, 5) is 12.7. The molecule has 0 fully saturated rings. The summed E-state index contributed by atoms with van der Waals surface area (Å²) in [6, 6.07) is 7.64. The van der Waals surface area contributed by atoms with Crippen molar-refractivity contribution in [3.05, 3.63) is 52.3 Å². The first-order valence-electron chi connectivity index (χ1n) is 6.52. The molecule has 1 aromatic heterocycles. The maximum atomic E-state index is 12.7. The Bertz CT molecular complexity index is 590. The Morgan fingerprint density at radius 2 is 2.05 bits per heavy atom. The van der Waals surface area contributed by atoms with Crippen LogP contribution in [0, 0.1) is 0 Å². The highest BCUT2D eigenvalue weighted by atomic mass is 35.5. The number of aromatic nitrogens is 2. The number of rotatable bonds is 5. The molecule has 0 N–H and O–H groups in total. The fraction of sp³-hybridized carbons (Fsp3) is 0.333. The summed E-state index contributed by atoms with van der Waals surface area (Å²) in [6.45, 7) is 4.78. The zero-order chi connectivity index (χ0) is 13.8.